The Labute approximate surface area is 158 Å². The number of H-pyrrole nitrogens is 2. The van der Waals surface area contributed by atoms with Gasteiger partial charge in [-0.15, -0.1) is 0 Å². The summed E-state index contributed by atoms with van der Waals surface area (Å²) in [5, 5.41) is 0. The molecule has 2 heterocycles. The molecule has 8 heteroatoms. The quantitative estimate of drug-likeness (QED) is 0.784. The molecule has 2 aromatic rings. The molecule has 26 heavy (non-hydrogen) atoms. The maximum absolute atomic E-state index is 12.8. The number of aryl methyl sites for hydroxylation is 1. The minimum Gasteiger partial charge on any atom is -0.377 e. The van der Waals surface area contributed by atoms with Gasteiger partial charge in [0.05, 0.1) is 19.3 Å². The Kier molecular flexibility index (Phi) is 5.73. The van der Waals surface area contributed by atoms with Gasteiger partial charge < -0.3 is 14.6 Å². The van der Waals surface area contributed by atoms with Crippen LogP contribution in [0.5, 0.6) is 0 Å². The normalized spacial score (nSPS) is 17.3. The average Bonchev–Trinajstić information content (AvgIpc) is 2.61. The predicted octanol–water partition coefficient (Wildman–Crippen LogP) is 1.67. The Balaban J connectivity index is 1.74. The van der Waals surface area contributed by atoms with E-state index in [9.17, 15) is 14.4 Å². The Morgan fingerprint density at radius 2 is 2.00 bits per heavy atom. The molecule has 1 saturated heterocycles. The summed E-state index contributed by atoms with van der Waals surface area (Å²) in [5.41, 5.74) is 0.972. The summed E-state index contributed by atoms with van der Waals surface area (Å²) in [6.45, 7) is 3.12. The van der Waals surface area contributed by atoms with Crippen LogP contribution in [0.15, 0.2) is 38.3 Å². The summed E-state index contributed by atoms with van der Waals surface area (Å²) in [5.74, 6) is -0.0359. The Bertz CT molecular complexity index is 904. The van der Waals surface area contributed by atoms with E-state index >= 15 is 0 Å². The van der Waals surface area contributed by atoms with Crippen molar-refractivity contribution in [3.05, 3.63) is 66.4 Å². The number of carbonyl (C=O) groups excluding carboxylic acids is 1. The lowest BCUT2D eigenvalue weighted by molar-refractivity contribution is -0.140. The fourth-order valence-corrected chi connectivity index (χ4v) is 3.43. The lowest BCUT2D eigenvalue weighted by Crippen LogP contribution is -2.43. The van der Waals surface area contributed by atoms with Crippen LogP contribution in [0, 0.1) is 6.92 Å². The summed E-state index contributed by atoms with van der Waals surface area (Å²) in [6.07, 6.45) is 0.476. The number of morpholine rings is 1. The Hall–Kier alpha value is -2.19. The Morgan fingerprint density at radius 1 is 1.27 bits per heavy atom. The summed E-state index contributed by atoms with van der Waals surface area (Å²) < 4.78 is 6.54. The fourth-order valence-electron chi connectivity index (χ4n) is 3.17. The third-order valence-corrected chi connectivity index (χ3v) is 5.08. The third kappa shape index (κ3) is 4.13. The van der Waals surface area contributed by atoms with Gasteiger partial charge in [0.1, 0.15) is 0 Å². The molecule has 1 aliphatic rings. The zero-order valence-electron chi connectivity index (χ0n) is 14.4. The van der Waals surface area contributed by atoms with Gasteiger partial charge >= 0.3 is 5.69 Å². The van der Waals surface area contributed by atoms with Gasteiger partial charge in [0.15, 0.2) is 0 Å². The molecule has 3 rings (SSSR count). The van der Waals surface area contributed by atoms with Crippen LogP contribution in [0.25, 0.3) is 0 Å². The molecule has 138 valence electrons. The second-order valence-electron chi connectivity index (χ2n) is 6.24. The molecule has 1 aromatic carbocycles. The number of ether oxygens (including phenoxy) is 1. The lowest BCUT2D eigenvalue weighted by atomic mass is 10.0. The first kappa shape index (κ1) is 18.6. The zero-order valence-corrected chi connectivity index (χ0v) is 16.0. The highest BCUT2D eigenvalue weighted by molar-refractivity contribution is 9.10. The van der Waals surface area contributed by atoms with E-state index in [0.717, 1.165) is 10.0 Å². The molecule has 0 aliphatic carbocycles. The van der Waals surface area contributed by atoms with E-state index in [2.05, 4.69) is 25.9 Å². The molecule has 2 N–H and O–H groups in total. The van der Waals surface area contributed by atoms with E-state index in [4.69, 9.17) is 4.74 Å². The first-order valence-corrected chi connectivity index (χ1v) is 9.20. The molecule has 1 unspecified atom stereocenters. The van der Waals surface area contributed by atoms with Crippen LogP contribution in [0.1, 0.15) is 29.3 Å². The number of aromatic nitrogens is 2. The number of amides is 1. The van der Waals surface area contributed by atoms with E-state index in [1.54, 1.807) is 6.92 Å². The van der Waals surface area contributed by atoms with E-state index in [1.165, 1.54) is 0 Å². The number of nitrogens with zero attached hydrogens (tertiary/aromatic N) is 1. The van der Waals surface area contributed by atoms with Crippen molar-refractivity contribution in [2.45, 2.75) is 25.8 Å². The molecule has 1 fully saturated rings. The first-order chi connectivity index (χ1) is 12.5. The van der Waals surface area contributed by atoms with E-state index in [-0.39, 0.29) is 24.8 Å². The molecular formula is C18H20BrN3O4. The first-order valence-electron chi connectivity index (χ1n) is 8.40. The van der Waals surface area contributed by atoms with Crippen LogP contribution in [0.3, 0.4) is 0 Å². The van der Waals surface area contributed by atoms with Crippen molar-refractivity contribution in [1.29, 1.82) is 0 Å². The van der Waals surface area contributed by atoms with Gasteiger partial charge in [-0.1, -0.05) is 28.1 Å². The number of benzene rings is 1. The van der Waals surface area contributed by atoms with Crippen molar-refractivity contribution < 1.29 is 9.53 Å². The molecule has 0 saturated carbocycles. The number of halogens is 1. The number of nitrogens with one attached hydrogen (secondary N) is 2. The third-order valence-electron chi connectivity index (χ3n) is 4.55. The van der Waals surface area contributed by atoms with Crippen molar-refractivity contribution in [3.63, 3.8) is 0 Å². The second kappa shape index (κ2) is 8.01. The summed E-state index contributed by atoms with van der Waals surface area (Å²) in [4.78, 5) is 42.6. The standard InChI is InChI=1S/C18H20BrN3O4/c1-11-14(17(24)21-18(25)20-11)6-7-16(23)22-8-9-26-10-15(22)12-2-4-13(19)5-3-12/h2-5,15H,6-10H2,1H3,(H2,20,21,24,25). The van der Waals surface area contributed by atoms with Crippen LogP contribution in [-0.2, 0) is 16.0 Å². The highest BCUT2D eigenvalue weighted by atomic mass is 79.9. The van der Waals surface area contributed by atoms with Crippen molar-refractivity contribution in [2.75, 3.05) is 19.8 Å². The number of aromatic amines is 2. The van der Waals surface area contributed by atoms with Gasteiger partial charge in [0.2, 0.25) is 5.91 Å². The average molecular weight is 422 g/mol. The number of carbonyl (C=O) groups is 1. The van der Waals surface area contributed by atoms with Crippen molar-refractivity contribution in [3.8, 4) is 0 Å². The largest absolute Gasteiger partial charge is 0.377 e. The lowest BCUT2D eigenvalue weighted by Gasteiger charge is -2.36. The predicted molar refractivity (Wildman–Crippen MR) is 100 cm³/mol. The topological polar surface area (TPSA) is 95.3 Å². The number of hydrogen-bond donors (Lipinski definition) is 2. The molecule has 0 spiro atoms. The monoisotopic (exact) mass is 421 g/mol. The van der Waals surface area contributed by atoms with Crippen LogP contribution in [-0.4, -0.2) is 40.5 Å². The number of rotatable bonds is 4. The molecular weight excluding hydrogens is 402 g/mol. The second-order valence-corrected chi connectivity index (χ2v) is 7.16. The van der Waals surface area contributed by atoms with Gasteiger partial charge in [-0.2, -0.15) is 0 Å². The summed E-state index contributed by atoms with van der Waals surface area (Å²) in [6, 6.07) is 7.69. The number of hydrogen-bond acceptors (Lipinski definition) is 4. The van der Waals surface area contributed by atoms with E-state index < -0.39 is 11.2 Å². The van der Waals surface area contributed by atoms with Crippen molar-refractivity contribution >= 4 is 21.8 Å². The molecule has 7 nitrogen and oxygen atoms in total. The van der Waals surface area contributed by atoms with Gasteiger partial charge in [-0.3, -0.25) is 14.6 Å². The van der Waals surface area contributed by atoms with Gasteiger partial charge in [-0.25, -0.2) is 4.79 Å². The van der Waals surface area contributed by atoms with Crippen molar-refractivity contribution in [2.24, 2.45) is 0 Å². The molecule has 0 bridgehead atoms. The van der Waals surface area contributed by atoms with Gasteiger partial charge in [0, 0.05) is 28.7 Å². The van der Waals surface area contributed by atoms with Crippen LogP contribution >= 0.6 is 15.9 Å². The summed E-state index contributed by atoms with van der Waals surface area (Å²) >= 11 is 3.41. The minimum absolute atomic E-state index is 0.0359. The fraction of sp³-hybridized carbons (Fsp3) is 0.389. The van der Waals surface area contributed by atoms with Crippen LogP contribution in [0.4, 0.5) is 0 Å². The minimum atomic E-state index is -0.536. The van der Waals surface area contributed by atoms with Crippen molar-refractivity contribution in [1.82, 2.24) is 14.9 Å². The smallest absolute Gasteiger partial charge is 0.325 e. The van der Waals surface area contributed by atoms with Gasteiger partial charge in [-0.05, 0) is 31.0 Å². The van der Waals surface area contributed by atoms with Gasteiger partial charge in [0.25, 0.3) is 5.56 Å². The zero-order chi connectivity index (χ0) is 18.7. The van der Waals surface area contributed by atoms with E-state index in [1.807, 2.05) is 29.2 Å². The Morgan fingerprint density at radius 3 is 2.69 bits per heavy atom. The summed E-state index contributed by atoms with van der Waals surface area (Å²) in [7, 11) is 0. The molecule has 1 aromatic heterocycles. The SMILES string of the molecule is Cc1[nH]c(=O)[nH]c(=O)c1CCC(=O)N1CCOCC1c1ccc(Br)cc1. The molecule has 1 aliphatic heterocycles. The molecule has 1 amide bonds. The maximum Gasteiger partial charge on any atom is 0.325 e. The highest BCUT2D eigenvalue weighted by Crippen LogP contribution is 2.26. The van der Waals surface area contributed by atoms with E-state index in [0.29, 0.717) is 31.0 Å². The van der Waals surface area contributed by atoms with Crippen LogP contribution in [0.2, 0.25) is 0 Å². The van der Waals surface area contributed by atoms with Crippen LogP contribution < -0.4 is 11.2 Å². The highest BCUT2D eigenvalue weighted by Gasteiger charge is 2.28. The molecule has 0 radical (unpaired) electrons. The molecule has 1 atom stereocenters. The maximum atomic E-state index is 12.8.